The molecule has 1 amide bonds. The minimum absolute atomic E-state index is 0.0112. The van der Waals surface area contributed by atoms with Crippen molar-refractivity contribution >= 4 is 39.2 Å². The zero-order chi connectivity index (χ0) is 31.2. The second kappa shape index (κ2) is 17.8. The number of amides is 1. The van der Waals surface area contributed by atoms with Crippen molar-refractivity contribution in [3.8, 4) is 5.75 Å². The van der Waals surface area contributed by atoms with Crippen LogP contribution >= 0.6 is 15.9 Å². The quantitative estimate of drug-likeness (QED) is 0.200. The van der Waals surface area contributed by atoms with Crippen LogP contribution in [0.4, 0.5) is 20.2 Å². The third kappa shape index (κ3) is 9.87. The molecule has 2 aliphatic rings. The van der Waals surface area contributed by atoms with Gasteiger partial charge in [-0.05, 0) is 43.2 Å². The summed E-state index contributed by atoms with van der Waals surface area (Å²) in [5, 5.41) is 0. The molecule has 2 aromatic rings. The minimum Gasteiger partial charge on any atom is -0.496 e. The number of nitrogen functional groups attached to an aromatic ring is 1. The van der Waals surface area contributed by atoms with E-state index in [1.54, 1.807) is 25.3 Å². The number of halogens is 3. The van der Waals surface area contributed by atoms with E-state index in [1.807, 2.05) is 64.6 Å². The largest absolute Gasteiger partial charge is 0.496 e. The van der Waals surface area contributed by atoms with Crippen molar-refractivity contribution in [1.29, 1.82) is 0 Å². The molecule has 4 N–H and O–H groups in total. The first-order valence-corrected chi connectivity index (χ1v) is 15.5. The van der Waals surface area contributed by atoms with Crippen LogP contribution in [-0.4, -0.2) is 54.3 Å². The number of guanidine groups is 1. The second-order valence-electron chi connectivity index (χ2n) is 9.02. The number of carbonyl (C=O) groups excluding carboxylic acids is 1. The molecule has 0 aromatic heterocycles. The monoisotopic (exact) mass is 639 g/mol. The molecule has 0 saturated carbocycles. The Morgan fingerprint density at radius 1 is 1.02 bits per heavy atom. The van der Waals surface area contributed by atoms with Crippen LogP contribution in [-0.2, 0) is 0 Å². The van der Waals surface area contributed by atoms with Crippen molar-refractivity contribution < 1.29 is 18.3 Å². The number of nitrogens with two attached hydrogens (primary N) is 2. The Balaban J connectivity index is 0.00000131. The molecule has 1 atom stereocenters. The second-order valence-corrected chi connectivity index (χ2v) is 9.94. The van der Waals surface area contributed by atoms with Gasteiger partial charge in [0.15, 0.2) is 5.96 Å². The van der Waals surface area contributed by atoms with Crippen LogP contribution in [0.1, 0.15) is 95.6 Å². The first-order valence-electron chi connectivity index (χ1n) is 14.7. The summed E-state index contributed by atoms with van der Waals surface area (Å²) >= 11 is 3.48. The molecule has 230 valence electrons. The first kappa shape index (κ1) is 36.1. The van der Waals surface area contributed by atoms with E-state index in [0.717, 1.165) is 41.5 Å². The fourth-order valence-corrected chi connectivity index (χ4v) is 5.06. The fourth-order valence-electron chi connectivity index (χ4n) is 4.72. The van der Waals surface area contributed by atoms with E-state index < -0.39 is 12.5 Å². The molecule has 0 bridgehead atoms. The zero-order valence-electron chi connectivity index (χ0n) is 25.6. The number of anilines is 1. The summed E-state index contributed by atoms with van der Waals surface area (Å²) in [6.07, 6.45) is 3.54. The van der Waals surface area contributed by atoms with E-state index in [2.05, 4.69) is 20.9 Å². The zero-order valence-corrected chi connectivity index (χ0v) is 27.2. The molecule has 2 heterocycles. The van der Waals surface area contributed by atoms with Crippen LogP contribution in [0.3, 0.4) is 0 Å². The lowest BCUT2D eigenvalue weighted by molar-refractivity contribution is 0.0175. The van der Waals surface area contributed by atoms with Gasteiger partial charge < -0.3 is 26.0 Å². The first-order chi connectivity index (χ1) is 19.7. The van der Waals surface area contributed by atoms with Crippen LogP contribution in [0.15, 0.2) is 45.9 Å². The molecule has 2 aromatic carbocycles. The summed E-state index contributed by atoms with van der Waals surface area (Å²) in [5.41, 5.74) is 14.2. The Hall–Kier alpha value is -2.88. The Labute approximate surface area is 253 Å². The number of likely N-dealkylation sites (tertiary alicyclic amines) is 2. The van der Waals surface area contributed by atoms with E-state index in [1.165, 1.54) is 4.90 Å². The Morgan fingerprint density at radius 2 is 1.71 bits per heavy atom. The molecule has 0 spiro atoms. The average molecular weight is 641 g/mol. The summed E-state index contributed by atoms with van der Waals surface area (Å²) in [7, 11) is 1.63. The van der Waals surface area contributed by atoms with Crippen molar-refractivity contribution in [2.24, 2.45) is 10.7 Å². The molecule has 0 unspecified atom stereocenters. The van der Waals surface area contributed by atoms with Gasteiger partial charge in [-0.15, -0.1) is 0 Å². The molecule has 2 aliphatic heterocycles. The molecule has 10 heteroatoms. The number of rotatable bonds is 4. The van der Waals surface area contributed by atoms with Gasteiger partial charge in [-0.2, -0.15) is 0 Å². The van der Waals surface area contributed by atoms with E-state index in [0.29, 0.717) is 17.8 Å². The van der Waals surface area contributed by atoms with Crippen LogP contribution in [0.25, 0.3) is 0 Å². The highest BCUT2D eigenvalue weighted by molar-refractivity contribution is 9.10. The van der Waals surface area contributed by atoms with Crippen molar-refractivity contribution in [2.45, 2.75) is 85.6 Å². The fraction of sp³-hybridized carbons (Fsp3) is 0.548. The molecule has 7 nitrogen and oxygen atoms in total. The maximum absolute atomic E-state index is 13.6. The summed E-state index contributed by atoms with van der Waals surface area (Å²) < 4.78 is 33.5. The van der Waals surface area contributed by atoms with Crippen molar-refractivity contribution in [2.75, 3.05) is 32.5 Å². The highest BCUT2D eigenvalue weighted by Gasteiger charge is 2.39. The van der Waals surface area contributed by atoms with E-state index in [9.17, 15) is 13.6 Å². The number of benzene rings is 2. The number of methoxy groups -OCH3 is 1. The van der Waals surface area contributed by atoms with Crippen LogP contribution in [0, 0.1) is 0 Å². The summed E-state index contributed by atoms with van der Waals surface area (Å²) in [4.78, 5) is 21.1. The Kier molecular flexibility index (Phi) is 15.7. The number of hydrogen-bond acceptors (Lipinski definition) is 4. The lowest BCUT2D eigenvalue weighted by atomic mass is 9.99. The lowest BCUT2D eigenvalue weighted by Gasteiger charge is -2.31. The SMILES string of the molecule is CC.CC.CC.COc1cc(Br)ccc1[C@H]1CCCCCN1C(=O)c1ccc(N=C(N)N2CCC(F)(F)C2)c(N)c1. The van der Waals surface area contributed by atoms with Crippen molar-refractivity contribution in [3.05, 3.63) is 52.0 Å². The van der Waals surface area contributed by atoms with Gasteiger partial charge in [0, 0.05) is 35.1 Å². The van der Waals surface area contributed by atoms with Gasteiger partial charge in [0.05, 0.1) is 31.1 Å². The third-order valence-corrected chi connectivity index (χ3v) is 7.06. The topological polar surface area (TPSA) is 97.2 Å². The van der Waals surface area contributed by atoms with Crippen molar-refractivity contribution in [1.82, 2.24) is 9.80 Å². The van der Waals surface area contributed by atoms with Gasteiger partial charge in [0.25, 0.3) is 11.8 Å². The van der Waals surface area contributed by atoms with Crippen molar-refractivity contribution in [3.63, 3.8) is 0 Å². The molecule has 2 fully saturated rings. The number of alkyl halides is 2. The maximum atomic E-state index is 13.6. The number of aliphatic imine (C=N–C) groups is 1. The number of hydrogen-bond donors (Lipinski definition) is 2. The van der Waals surface area contributed by atoms with Gasteiger partial charge in [-0.1, -0.05) is 76.4 Å². The predicted octanol–water partition coefficient (Wildman–Crippen LogP) is 8.16. The van der Waals surface area contributed by atoms with Crippen LogP contribution < -0.4 is 16.2 Å². The molecule has 4 rings (SSSR count). The number of ether oxygens (including phenoxy) is 1. The van der Waals surface area contributed by atoms with Gasteiger partial charge in [-0.25, -0.2) is 13.8 Å². The van der Waals surface area contributed by atoms with E-state index in [4.69, 9.17) is 16.2 Å². The maximum Gasteiger partial charge on any atom is 0.267 e. The predicted molar refractivity (Wildman–Crippen MR) is 170 cm³/mol. The smallest absolute Gasteiger partial charge is 0.267 e. The Morgan fingerprint density at radius 3 is 2.29 bits per heavy atom. The lowest BCUT2D eigenvalue weighted by Crippen LogP contribution is -2.37. The van der Waals surface area contributed by atoms with Gasteiger partial charge in [0.2, 0.25) is 0 Å². The molecule has 2 saturated heterocycles. The number of nitrogens with zero attached hydrogens (tertiary/aromatic N) is 3. The molecule has 0 radical (unpaired) electrons. The van der Waals surface area contributed by atoms with Crippen LogP contribution in [0.5, 0.6) is 5.75 Å². The van der Waals surface area contributed by atoms with Crippen LogP contribution in [0.2, 0.25) is 0 Å². The van der Waals surface area contributed by atoms with E-state index >= 15 is 0 Å². The molecular formula is C31H48BrF2N5O2. The molecule has 0 aliphatic carbocycles. The number of carbonyl (C=O) groups is 1. The molecule has 41 heavy (non-hydrogen) atoms. The molecular weight excluding hydrogens is 592 g/mol. The summed E-state index contributed by atoms with van der Waals surface area (Å²) in [5.74, 6) is -2.18. The summed E-state index contributed by atoms with van der Waals surface area (Å²) in [6, 6.07) is 10.6. The normalized spacial score (nSPS) is 18.0. The van der Waals surface area contributed by atoms with Gasteiger partial charge in [-0.3, -0.25) is 4.79 Å². The van der Waals surface area contributed by atoms with E-state index in [-0.39, 0.29) is 36.6 Å². The standard InChI is InChI=1S/C25H30BrF2N5O2.3C2H6/c1-35-22-14-17(26)7-8-18(22)21-5-3-2-4-11-33(21)23(34)16-6-9-20(19(29)13-16)31-24(30)32-12-10-25(27,28)15-32;3*1-2/h6-9,13-14,21H,2-5,10-12,15,29H2,1H3,(H2,30,31);3*1-2H3/t21-;;;/m1.../s1. The van der Waals surface area contributed by atoms with Gasteiger partial charge in [0.1, 0.15) is 5.75 Å². The highest BCUT2D eigenvalue weighted by Crippen LogP contribution is 2.38. The average Bonchev–Trinajstić information content (AvgIpc) is 3.19. The minimum atomic E-state index is -2.77. The summed E-state index contributed by atoms with van der Waals surface area (Å²) in [6.45, 7) is 12.3. The third-order valence-electron chi connectivity index (χ3n) is 6.57. The van der Waals surface area contributed by atoms with Gasteiger partial charge >= 0.3 is 0 Å². The highest BCUT2D eigenvalue weighted by atomic mass is 79.9. The Bertz CT molecular complexity index is 1130.